The second-order valence-corrected chi connectivity index (χ2v) is 7.54. The van der Waals surface area contributed by atoms with Crippen molar-refractivity contribution in [2.45, 2.75) is 26.3 Å². The SMILES string of the molecule is CCCCOc1nc(N)c2[nH]c(=O)n(Cc3ccc(N4CCNCC4)cc3OC)c2n1. The third kappa shape index (κ3) is 4.43. The van der Waals surface area contributed by atoms with Crippen LogP contribution >= 0.6 is 0 Å². The van der Waals surface area contributed by atoms with Gasteiger partial charge in [0.25, 0.3) is 0 Å². The Balaban J connectivity index is 1.65. The molecule has 0 unspecified atom stereocenters. The summed E-state index contributed by atoms with van der Waals surface area (Å²) in [6, 6.07) is 6.24. The molecule has 0 amide bonds. The summed E-state index contributed by atoms with van der Waals surface area (Å²) in [4.78, 5) is 26.3. The topological polar surface area (TPSA) is 123 Å². The van der Waals surface area contributed by atoms with Gasteiger partial charge in [0.1, 0.15) is 11.3 Å². The Morgan fingerprint density at radius 2 is 2.03 bits per heavy atom. The first kappa shape index (κ1) is 21.0. The molecular formula is C21H29N7O3. The highest BCUT2D eigenvalue weighted by molar-refractivity contribution is 5.82. The van der Waals surface area contributed by atoms with Crippen LogP contribution in [0.5, 0.6) is 11.8 Å². The summed E-state index contributed by atoms with van der Waals surface area (Å²) in [6.45, 7) is 6.67. The van der Waals surface area contributed by atoms with E-state index >= 15 is 0 Å². The molecule has 0 spiro atoms. The molecule has 10 heteroatoms. The minimum absolute atomic E-state index is 0.173. The maximum Gasteiger partial charge on any atom is 0.328 e. The number of rotatable bonds is 8. The normalized spacial score (nSPS) is 14.2. The van der Waals surface area contributed by atoms with Crippen molar-refractivity contribution < 1.29 is 9.47 Å². The Morgan fingerprint density at radius 1 is 1.23 bits per heavy atom. The van der Waals surface area contributed by atoms with E-state index in [4.69, 9.17) is 15.2 Å². The molecule has 10 nitrogen and oxygen atoms in total. The zero-order valence-corrected chi connectivity index (χ0v) is 18.0. The van der Waals surface area contributed by atoms with Crippen molar-refractivity contribution in [3.05, 3.63) is 34.2 Å². The van der Waals surface area contributed by atoms with E-state index in [-0.39, 0.29) is 24.1 Å². The maximum absolute atomic E-state index is 12.7. The Hall–Kier alpha value is -3.27. The van der Waals surface area contributed by atoms with E-state index in [2.05, 4.69) is 38.2 Å². The quantitative estimate of drug-likeness (QED) is 0.460. The second kappa shape index (κ2) is 9.25. The molecule has 0 aliphatic carbocycles. The summed E-state index contributed by atoms with van der Waals surface area (Å²) in [6.07, 6.45) is 1.88. The van der Waals surface area contributed by atoms with Crippen LogP contribution in [0.25, 0.3) is 11.2 Å². The van der Waals surface area contributed by atoms with Gasteiger partial charge in [0, 0.05) is 43.5 Å². The Labute approximate surface area is 180 Å². The van der Waals surface area contributed by atoms with Crippen molar-refractivity contribution in [2.24, 2.45) is 0 Å². The van der Waals surface area contributed by atoms with Gasteiger partial charge in [-0.1, -0.05) is 19.4 Å². The molecule has 166 valence electrons. The number of hydrogen-bond donors (Lipinski definition) is 3. The van der Waals surface area contributed by atoms with Gasteiger partial charge in [-0.15, -0.1) is 0 Å². The van der Waals surface area contributed by atoms with E-state index in [0.717, 1.165) is 56.0 Å². The number of unbranched alkanes of at least 4 members (excludes halogenated alkanes) is 1. The van der Waals surface area contributed by atoms with E-state index in [0.29, 0.717) is 17.8 Å². The first-order valence-corrected chi connectivity index (χ1v) is 10.6. The van der Waals surface area contributed by atoms with Gasteiger partial charge in [-0.05, 0) is 12.5 Å². The molecule has 4 N–H and O–H groups in total. The largest absolute Gasteiger partial charge is 0.496 e. The van der Waals surface area contributed by atoms with Crippen LogP contribution in [0.4, 0.5) is 11.5 Å². The van der Waals surface area contributed by atoms with Crippen LogP contribution in [0.3, 0.4) is 0 Å². The van der Waals surface area contributed by atoms with Crippen LogP contribution in [0, 0.1) is 0 Å². The standard InChI is InChI=1S/C21H29N7O3/c1-3-4-11-31-20-25-18(22)17-19(26-20)28(21(29)24-17)13-14-5-6-15(12-16(14)30-2)27-9-7-23-8-10-27/h5-6,12,23H,3-4,7-11,13H2,1-2H3,(H,24,29)(H2,22,25,26). The van der Waals surface area contributed by atoms with E-state index in [1.54, 1.807) is 7.11 Å². The van der Waals surface area contributed by atoms with Gasteiger partial charge in [0.2, 0.25) is 0 Å². The number of imidazole rings is 1. The number of benzene rings is 1. The molecule has 31 heavy (non-hydrogen) atoms. The highest BCUT2D eigenvalue weighted by atomic mass is 16.5. The van der Waals surface area contributed by atoms with Crippen molar-refractivity contribution >= 4 is 22.7 Å². The van der Waals surface area contributed by atoms with E-state index in [9.17, 15) is 4.79 Å². The number of nitrogen functional groups attached to an aromatic ring is 1. The lowest BCUT2D eigenvalue weighted by atomic mass is 10.1. The molecule has 2 aromatic heterocycles. The predicted octanol–water partition coefficient (Wildman–Crippen LogP) is 1.35. The summed E-state index contributed by atoms with van der Waals surface area (Å²) < 4.78 is 12.8. The van der Waals surface area contributed by atoms with Gasteiger partial charge in [0.15, 0.2) is 11.5 Å². The zero-order chi connectivity index (χ0) is 21.8. The summed E-state index contributed by atoms with van der Waals surface area (Å²) in [5.41, 5.74) is 8.53. The number of H-pyrrole nitrogens is 1. The summed E-state index contributed by atoms with van der Waals surface area (Å²) in [5, 5.41) is 3.36. The van der Waals surface area contributed by atoms with E-state index < -0.39 is 0 Å². The minimum atomic E-state index is -0.310. The molecule has 3 heterocycles. The molecule has 0 saturated carbocycles. The van der Waals surface area contributed by atoms with Crippen molar-refractivity contribution in [3.8, 4) is 11.8 Å². The van der Waals surface area contributed by atoms with Crippen LogP contribution in [0.2, 0.25) is 0 Å². The van der Waals surface area contributed by atoms with Crippen molar-refractivity contribution in [3.63, 3.8) is 0 Å². The number of anilines is 2. The van der Waals surface area contributed by atoms with Gasteiger partial charge in [0.05, 0.1) is 20.3 Å². The number of nitrogens with two attached hydrogens (primary N) is 1. The first-order chi connectivity index (χ1) is 15.1. The van der Waals surface area contributed by atoms with Gasteiger partial charge in [-0.25, -0.2) is 4.79 Å². The number of methoxy groups -OCH3 is 1. The molecule has 1 fully saturated rings. The molecule has 3 aromatic rings. The predicted molar refractivity (Wildman–Crippen MR) is 120 cm³/mol. The number of ether oxygens (including phenoxy) is 2. The summed E-state index contributed by atoms with van der Waals surface area (Å²) >= 11 is 0. The molecule has 4 rings (SSSR count). The molecule has 1 aromatic carbocycles. The molecule has 0 bridgehead atoms. The molecule has 1 aliphatic rings. The Morgan fingerprint density at radius 3 is 2.77 bits per heavy atom. The zero-order valence-electron chi connectivity index (χ0n) is 18.0. The third-order valence-corrected chi connectivity index (χ3v) is 5.44. The number of fused-ring (bicyclic) bond motifs is 1. The average molecular weight is 428 g/mol. The Bertz CT molecular complexity index is 1100. The van der Waals surface area contributed by atoms with Crippen LogP contribution in [0.1, 0.15) is 25.3 Å². The maximum atomic E-state index is 12.7. The van der Waals surface area contributed by atoms with E-state index in [1.165, 1.54) is 4.57 Å². The highest BCUT2D eigenvalue weighted by Gasteiger charge is 2.18. The van der Waals surface area contributed by atoms with Crippen LogP contribution in [-0.2, 0) is 6.54 Å². The Kier molecular flexibility index (Phi) is 6.26. The highest BCUT2D eigenvalue weighted by Crippen LogP contribution is 2.27. The number of nitrogens with one attached hydrogen (secondary N) is 2. The van der Waals surface area contributed by atoms with Crippen molar-refractivity contribution in [2.75, 3.05) is 50.5 Å². The minimum Gasteiger partial charge on any atom is -0.496 e. The van der Waals surface area contributed by atoms with Crippen molar-refractivity contribution in [1.82, 2.24) is 24.8 Å². The number of aromatic nitrogens is 4. The average Bonchev–Trinajstić information content (AvgIpc) is 3.10. The first-order valence-electron chi connectivity index (χ1n) is 10.6. The van der Waals surface area contributed by atoms with Gasteiger partial charge < -0.3 is 30.4 Å². The van der Waals surface area contributed by atoms with Crippen molar-refractivity contribution in [1.29, 1.82) is 0 Å². The van der Waals surface area contributed by atoms with Gasteiger partial charge >= 0.3 is 11.7 Å². The fourth-order valence-electron chi connectivity index (χ4n) is 3.70. The van der Waals surface area contributed by atoms with E-state index in [1.807, 2.05) is 12.1 Å². The fourth-order valence-corrected chi connectivity index (χ4v) is 3.70. The number of hydrogen-bond acceptors (Lipinski definition) is 8. The molecule has 0 atom stereocenters. The molecule has 1 aliphatic heterocycles. The monoisotopic (exact) mass is 427 g/mol. The lowest BCUT2D eigenvalue weighted by Crippen LogP contribution is -2.43. The summed E-state index contributed by atoms with van der Waals surface area (Å²) in [5.74, 6) is 0.909. The second-order valence-electron chi connectivity index (χ2n) is 7.54. The van der Waals surface area contributed by atoms with Gasteiger partial charge in [-0.2, -0.15) is 9.97 Å². The van der Waals surface area contributed by atoms with Gasteiger partial charge in [-0.3, -0.25) is 4.57 Å². The van der Waals surface area contributed by atoms with Crippen LogP contribution in [0.15, 0.2) is 23.0 Å². The molecule has 0 radical (unpaired) electrons. The molecule has 1 saturated heterocycles. The number of nitrogens with zero attached hydrogens (tertiary/aromatic N) is 4. The lowest BCUT2D eigenvalue weighted by Gasteiger charge is -2.30. The van der Waals surface area contributed by atoms with Crippen LogP contribution < -0.4 is 31.1 Å². The smallest absolute Gasteiger partial charge is 0.328 e. The number of aromatic amines is 1. The van der Waals surface area contributed by atoms with Crippen LogP contribution in [-0.4, -0.2) is 59.4 Å². The fraction of sp³-hybridized carbons (Fsp3) is 0.476. The lowest BCUT2D eigenvalue weighted by molar-refractivity contribution is 0.286. The third-order valence-electron chi connectivity index (χ3n) is 5.44. The summed E-state index contributed by atoms with van der Waals surface area (Å²) in [7, 11) is 1.64. The number of piperazine rings is 1. The molecular weight excluding hydrogens is 398 g/mol.